The molecule has 1 heterocycles. The summed E-state index contributed by atoms with van der Waals surface area (Å²) in [4.78, 5) is 18.4. The Balaban J connectivity index is 2.37. The number of aromatic nitrogens is 1. The first-order valence-corrected chi connectivity index (χ1v) is 12.2. The number of methoxy groups -OCH3 is 1. The highest BCUT2D eigenvalue weighted by molar-refractivity contribution is 6.55. The summed E-state index contributed by atoms with van der Waals surface area (Å²) in [5.41, 5.74) is 0.327. The molecule has 0 aliphatic heterocycles. The van der Waals surface area contributed by atoms with E-state index in [1.165, 1.54) is 7.11 Å². The first kappa shape index (κ1) is 26.3. The number of rotatable bonds is 8. The van der Waals surface area contributed by atoms with Gasteiger partial charge in [0.05, 0.1) is 12.6 Å². The molecule has 2 unspecified atom stereocenters. The molecule has 0 bridgehead atoms. The van der Waals surface area contributed by atoms with Gasteiger partial charge in [0.15, 0.2) is 0 Å². The van der Waals surface area contributed by atoms with Gasteiger partial charge in [0.2, 0.25) is 5.88 Å². The van der Waals surface area contributed by atoms with Crippen molar-refractivity contribution in [2.75, 3.05) is 7.11 Å². The third-order valence-corrected chi connectivity index (χ3v) is 6.66. The Hall–Kier alpha value is -2.27. The van der Waals surface area contributed by atoms with Crippen LogP contribution in [0, 0.1) is 17.8 Å². The van der Waals surface area contributed by atoms with Gasteiger partial charge in [0.25, 0.3) is 0 Å². The van der Waals surface area contributed by atoms with E-state index in [9.17, 15) is 4.79 Å². The van der Waals surface area contributed by atoms with Crippen molar-refractivity contribution in [2.24, 2.45) is 17.8 Å². The summed E-state index contributed by atoms with van der Waals surface area (Å²) in [5, 5.41) is 1.43. The van der Waals surface area contributed by atoms with Crippen LogP contribution in [0.1, 0.15) is 33.3 Å². The summed E-state index contributed by atoms with van der Waals surface area (Å²) in [6.07, 6.45) is 1.74. The zero-order valence-electron chi connectivity index (χ0n) is 19.8. The van der Waals surface area contributed by atoms with Gasteiger partial charge < -0.3 is 9.47 Å². The Morgan fingerprint density at radius 1 is 1.03 bits per heavy atom. The van der Waals surface area contributed by atoms with Gasteiger partial charge in [-0.15, -0.1) is 0 Å². The molecule has 0 aliphatic rings. The van der Waals surface area contributed by atoms with E-state index in [0.717, 1.165) is 10.9 Å². The highest BCUT2D eigenvalue weighted by Gasteiger charge is 2.52. The first-order chi connectivity index (χ1) is 16.1. The average Bonchev–Trinajstić information content (AvgIpc) is 2.79. The molecule has 180 valence electrons. The van der Waals surface area contributed by atoms with Crippen LogP contribution >= 0.6 is 34.8 Å². The molecule has 0 fully saturated rings. The normalized spacial score (nSPS) is 14.1. The van der Waals surface area contributed by atoms with Crippen LogP contribution in [0.4, 0.5) is 0 Å². The van der Waals surface area contributed by atoms with Crippen molar-refractivity contribution < 1.29 is 14.3 Å². The first-order valence-electron chi connectivity index (χ1n) is 11.1. The number of halogens is 3. The van der Waals surface area contributed by atoms with Crippen molar-refractivity contribution >= 4 is 51.7 Å². The molecule has 0 spiro atoms. The quantitative estimate of drug-likeness (QED) is 0.280. The second kappa shape index (κ2) is 11.0. The van der Waals surface area contributed by atoms with E-state index >= 15 is 0 Å². The maximum Gasteiger partial charge on any atom is 0.317 e. The zero-order valence-corrected chi connectivity index (χ0v) is 22.1. The SMILES string of the molecule is COC(=O)C(c1cc(Oc2ccc(Cl)cc2)nc2ccccc12)(C(C)C)C(C=C(Cl)Cl)C(C)C. The molecule has 0 amide bonds. The minimum Gasteiger partial charge on any atom is -0.468 e. The summed E-state index contributed by atoms with van der Waals surface area (Å²) in [5.74, 6) is 0.0378. The number of fused-ring (bicyclic) bond motifs is 1. The fourth-order valence-corrected chi connectivity index (χ4v) is 5.08. The molecule has 2 aromatic carbocycles. The van der Waals surface area contributed by atoms with Gasteiger partial charge in [-0.2, -0.15) is 0 Å². The van der Waals surface area contributed by atoms with E-state index < -0.39 is 5.41 Å². The molecule has 0 radical (unpaired) electrons. The topological polar surface area (TPSA) is 48.4 Å². The minimum absolute atomic E-state index is 0.0153. The minimum atomic E-state index is -1.11. The zero-order chi connectivity index (χ0) is 25.0. The van der Waals surface area contributed by atoms with Gasteiger partial charge >= 0.3 is 5.97 Å². The van der Waals surface area contributed by atoms with Crippen LogP contribution < -0.4 is 4.74 Å². The molecule has 1 aromatic heterocycles. The van der Waals surface area contributed by atoms with Crippen molar-refractivity contribution in [1.82, 2.24) is 4.98 Å². The number of benzene rings is 2. The molecule has 0 aliphatic carbocycles. The molecule has 34 heavy (non-hydrogen) atoms. The number of hydrogen-bond acceptors (Lipinski definition) is 4. The third-order valence-electron chi connectivity index (χ3n) is 6.16. The average molecular weight is 521 g/mol. The van der Waals surface area contributed by atoms with Crippen molar-refractivity contribution in [3.05, 3.63) is 75.8 Å². The van der Waals surface area contributed by atoms with Crippen LogP contribution in [-0.4, -0.2) is 18.1 Å². The molecule has 3 aromatic rings. The van der Waals surface area contributed by atoms with E-state index in [1.807, 2.05) is 58.0 Å². The second-order valence-corrected chi connectivity index (χ2v) is 10.3. The largest absolute Gasteiger partial charge is 0.468 e. The molecule has 3 rings (SSSR count). The number of pyridine rings is 1. The number of hydrogen-bond donors (Lipinski definition) is 0. The van der Waals surface area contributed by atoms with Crippen molar-refractivity contribution in [3.63, 3.8) is 0 Å². The Kier molecular flexibility index (Phi) is 8.51. The summed E-state index contributed by atoms with van der Waals surface area (Å²) in [6, 6.07) is 16.5. The lowest BCUT2D eigenvalue weighted by molar-refractivity contribution is -0.152. The molecule has 0 saturated heterocycles. The van der Waals surface area contributed by atoms with Gasteiger partial charge in [0.1, 0.15) is 15.7 Å². The lowest BCUT2D eigenvalue weighted by atomic mass is 9.59. The summed E-state index contributed by atoms with van der Waals surface area (Å²) in [6.45, 7) is 8.06. The Labute approximate surface area is 215 Å². The van der Waals surface area contributed by atoms with Crippen LogP contribution in [0.2, 0.25) is 5.02 Å². The van der Waals surface area contributed by atoms with Crippen LogP contribution in [0.3, 0.4) is 0 Å². The molecule has 7 heteroatoms. The highest BCUT2D eigenvalue weighted by atomic mass is 35.5. The molecule has 4 nitrogen and oxygen atoms in total. The fourth-order valence-electron chi connectivity index (χ4n) is 4.68. The van der Waals surface area contributed by atoms with E-state index in [1.54, 1.807) is 30.3 Å². The fraction of sp³-hybridized carbons (Fsp3) is 0.333. The van der Waals surface area contributed by atoms with Gasteiger partial charge in [0, 0.05) is 22.4 Å². The molecule has 0 saturated carbocycles. The lowest BCUT2D eigenvalue weighted by Gasteiger charge is -2.43. The third kappa shape index (κ3) is 5.19. The van der Waals surface area contributed by atoms with E-state index in [0.29, 0.717) is 22.2 Å². The molecule has 2 atom stereocenters. The van der Waals surface area contributed by atoms with Crippen molar-refractivity contribution in [1.29, 1.82) is 0 Å². The second-order valence-electron chi connectivity index (χ2n) is 8.82. The maximum absolute atomic E-state index is 13.7. The molecule has 0 N–H and O–H groups in total. The van der Waals surface area contributed by atoms with E-state index in [2.05, 4.69) is 0 Å². The van der Waals surface area contributed by atoms with Crippen LogP contribution in [0.15, 0.2) is 65.2 Å². The van der Waals surface area contributed by atoms with Crippen molar-refractivity contribution in [3.8, 4) is 11.6 Å². The van der Waals surface area contributed by atoms with Crippen LogP contribution in [0.25, 0.3) is 10.9 Å². The van der Waals surface area contributed by atoms with Crippen molar-refractivity contribution in [2.45, 2.75) is 33.1 Å². The Morgan fingerprint density at radius 3 is 2.24 bits per heavy atom. The number of allylic oxidation sites excluding steroid dienone is 1. The van der Waals surface area contributed by atoms with Gasteiger partial charge in [-0.3, -0.25) is 4.79 Å². The highest BCUT2D eigenvalue weighted by Crippen LogP contribution is 2.48. The lowest BCUT2D eigenvalue weighted by Crippen LogP contribution is -2.49. The number of carbonyl (C=O) groups is 1. The number of nitrogens with zero attached hydrogens (tertiary/aromatic N) is 1. The molecular weight excluding hydrogens is 493 g/mol. The van der Waals surface area contributed by atoms with Crippen LogP contribution in [0.5, 0.6) is 11.6 Å². The van der Waals surface area contributed by atoms with Crippen LogP contribution in [-0.2, 0) is 14.9 Å². The van der Waals surface area contributed by atoms with Gasteiger partial charge in [-0.25, -0.2) is 4.98 Å². The number of para-hydroxylation sites is 1. The van der Waals surface area contributed by atoms with Gasteiger partial charge in [-0.1, -0.05) is 80.7 Å². The predicted molar refractivity (Wildman–Crippen MR) is 140 cm³/mol. The smallest absolute Gasteiger partial charge is 0.317 e. The van der Waals surface area contributed by atoms with Gasteiger partial charge in [-0.05, 0) is 53.8 Å². The summed E-state index contributed by atoms with van der Waals surface area (Å²) < 4.78 is 11.6. The standard InChI is InChI=1S/C27H28Cl3NO3/c1-16(2)21(14-24(29)30)27(17(3)4,26(32)33-5)22-15-25(31-23-9-7-6-8-20(22)23)34-19-12-10-18(28)11-13-19/h6-17,21H,1-5H3. The predicted octanol–water partition coefficient (Wildman–Crippen LogP) is 8.34. The number of esters is 1. The number of ether oxygens (including phenoxy) is 2. The maximum atomic E-state index is 13.7. The van der Waals surface area contributed by atoms with E-state index in [-0.39, 0.29) is 28.2 Å². The Morgan fingerprint density at radius 2 is 1.68 bits per heavy atom. The number of carbonyl (C=O) groups excluding carboxylic acids is 1. The Bertz CT molecular complexity index is 1190. The molecular formula is C27H28Cl3NO3. The van der Waals surface area contributed by atoms with E-state index in [4.69, 9.17) is 49.3 Å². The summed E-state index contributed by atoms with van der Waals surface area (Å²) in [7, 11) is 1.40. The summed E-state index contributed by atoms with van der Waals surface area (Å²) >= 11 is 18.3. The monoisotopic (exact) mass is 519 g/mol.